The molecule has 0 aromatic heterocycles. The van der Waals surface area contributed by atoms with Crippen molar-refractivity contribution in [1.29, 1.82) is 0 Å². The summed E-state index contributed by atoms with van der Waals surface area (Å²) in [7, 11) is 0. The van der Waals surface area contributed by atoms with Gasteiger partial charge in [0.1, 0.15) is 0 Å². The Hall–Kier alpha value is -2.23. The molecule has 2 fully saturated rings. The Morgan fingerprint density at radius 3 is 1.97 bits per heavy atom. The molecule has 0 N–H and O–H groups in total. The van der Waals surface area contributed by atoms with Crippen molar-refractivity contribution in [1.82, 2.24) is 0 Å². The van der Waals surface area contributed by atoms with Gasteiger partial charge in [0.25, 0.3) is 0 Å². The molecule has 0 heterocycles. The van der Waals surface area contributed by atoms with Crippen LogP contribution in [0.5, 0.6) is 5.75 Å². The molecule has 202 valence electrons. The van der Waals surface area contributed by atoms with Crippen molar-refractivity contribution in [2.45, 2.75) is 103 Å². The van der Waals surface area contributed by atoms with Gasteiger partial charge >= 0.3 is 0 Å². The van der Waals surface area contributed by atoms with Crippen LogP contribution in [-0.2, 0) is 0 Å². The molecule has 0 saturated heterocycles. The van der Waals surface area contributed by atoms with Crippen molar-refractivity contribution in [2.75, 3.05) is 6.61 Å². The highest BCUT2D eigenvalue weighted by Gasteiger charge is 2.29. The van der Waals surface area contributed by atoms with Crippen LogP contribution in [0.15, 0.2) is 36.4 Å². The number of allylic oxidation sites excluding steroid dienone is 1. The van der Waals surface area contributed by atoms with Crippen LogP contribution in [-0.4, -0.2) is 6.61 Å². The van der Waals surface area contributed by atoms with Gasteiger partial charge in [-0.1, -0.05) is 63.0 Å². The fourth-order valence-electron chi connectivity index (χ4n) is 6.42. The molecule has 2 saturated carbocycles. The number of unbranched alkanes of at least 4 members (excludes halogenated alkanes) is 2. The van der Waals surface area contributed by atoms with Gasteiger partial charge in [0.15, 0.2) is 23.2 Å². The van der Waals surface area contributed by atoms with E-state index in [1.165, 1.54) is 31.7 Å². The van der Waals surface area contributed by atoms with Gasteiger partial charge in [0, 0.05) is 0 Å². The van der Waals surface area contributed by atoms with Crippen molar-refractivity contribution >= 4 is 6.08 Å². The Morgan fingerprint density at radius 2 is 1.41 bits per heavy atom. The summed E-state index contributed by atoms with van der Waals surface area (Å²) >= 11 is 0. The Balaban J connectivity index is 1.31. The van der Waals surface area contributed by atoms with Gasteiger partial charge < -0.3 is 4.74 Å². The van der Waals surface area contributed by atoms with E-state index < -0.39 is 11.6 Å². The lowest BCUT2D eigenvalue weighted by atomic mass is 9.75. The first-order valence-corrected chi connectivity index (χ1v) is 14.6. The summed E-state index contributed by atoms with van der Waals surface area (Å²) in [5.41, 5.74) is 1.94. The fraction of sp³-hybridized carbons (Fsp3) is 0.576. The fourth-order valence-corrected chi connectivity index (χ4v) is 6.42. The molecule has 1 nitrogen and oxygen atoms in total. The van der Waals surface area contributed by atoms with E-state index in [0.717, 1.165) is 62.8 Å². The van der Waals surface area contributed by atoms with Crippen molar-refractivity contribution < 1.29 is 17.9 Å². The molecule has 0 unspecified atom stereocenters. The number of hydrogen-bond donors (Lipinski definition) is 0. The van der Waals surface area contributed by atoms with Crippen LogP contribution in [0.3, 0.4) is 0 Å². The molecular formula is C33H43F3O. The maximum absolute atomic E-state index is 15.2. The minimum absolute atomic E-state index is 0.0606. The molecule has 0 amide bonds. The molecular weight excluding hydrogens is 469 g/mol. The molecule has 0 aliphatic heterocycles. The smallest absolute Gasteiger partial charge is 0.165 e. The number of hydrogen-bond acceptors (Lipinski definition) is 1. The van der Waals surface area contributed by atoms with E-state index in [2.05, 4.69) is 13.0 Å². The average molecular weight is 513 g/mol. The molecule has 0 atom stereocenters. The molecule has 2 aliphatic carbocycles. The summed E-state index contributed by atoms with van der Waals surface area (Å²) in [5.74, 6) is 0.0325. The quantitative estimate of drug-likeness (QED) is 0.288. The first kappa shape index (κ1) is 27.8. The number of rotatable bonds is 10. The predicted molar refractivity (Wildman–Crippen MR) is 147 cm³/mol. The number of benzene rings is 2. The topological polar surface area (TPSA) is 9.23 Å². The van der Waals surface area contributed by atoms with Crippen LogP contribution in [0, 0.1) is 29.3 Å². The Labute approximate surface area is 221 Å². The third-order valence-electron chi connectivity index (χ3n) is 8.67. The first-order chi connectivity index (χ1) is 18.0. The van der Waals surface area contributed by atoms with Crippen LogP contribution in [0.25, 0.3) is 6.08 Å². The van der Waals surface area contributed by atoms with E-state index in [0.29, 0.717) is 23.7 Å². The summed E-state index contributed by atoms with van der Waals surface area (Å²) < 4.78 is 49.8. The third-order valence-corrected chi connectivity index (χ3v) is 8.67. The summed E-state index contributed by atoms with van der Waals surface area (Å²) in [6, 6.07) is 8.75. The summed E-state index contributed by atoms with van der Waals surface area (Å²) in [4.78, 5) is 0. The highest BCUT2D eigenvalue weighted by Crippen LogP contribution is 2.42. The lowest BCUT2D eigenvalue weighted by molar-refractivity contribution is 0.297. The average Bonchev–Trinajstić information content (AvgIpc) is 2.91. The van der Waals surface area contributed by atoms with E-state index in [4.69, 9.17) is 4.74 Å². The van der Waals surface area contributed by atoms with E-state index in [1.807, 2.05) is 31.2 Å². The summed E-state index contributed by atoms with van der Waals surface area (Å²) in [6.07, 6.45) is 16.9. The normalized spacial score (nSPS) is 24.5. The molecule has 37 heavy (non-hydrogen) atoms. The minimum Gasteiger partial charge on any atom is -0.491 e. The zero-order valence-electron chi connectivity index (χ0n) is 22.6. The van der Waals surface area contributed by atoms with Crippen LogP contribution >= 0.6 is 0 Å². The molecule has 4 rings (SSSR count). The van der Waals surface area contributed by atoms with Crippen LogP contribution < -0.4 is 4.74 Å². The van der Waals surface area contributed by atoms with E-state index >= 15 is 8.78 Å². The largest absolute Gasteiger partial charge is 0.491 e. The maximum Gasteiger partial charge on any atom is 0.165 e. The van der Waals surface area contributed by atoms with Gasteiger partial charge in [-0.25, -0.2) is 13.2 Å². The van der Waals surface area contributed by atoms with Gasteiger partial charge in [-0.2, -0.15) is 0 Å². The molecule has 0 spiro atoms. The predicted octanol–water partition coefficient (Wildman–Crippen LogP) is 10.3. The molecule has 0 radical (unpaired) electrons. The first-order valence-electron chi connectivity index (χ1n) is 14.6. The minimum atomic E-state index is -0.619. The number of halogens is 3. The van der Waals surface area contributed by atoms with Gasteiger partial charge in [0.05, 0.1) is 6.61 Å². The second kappa shape index (κ2) is 13.5. The zero-order chi connectivity index (χ0) is 26.2. The van der Waals surface area contributed by atoms with E-state index in [1.54, 1.807) is 6.07 Å². The molecule has 0 bridgehead atoms. The highest BCUT2D eigenvalue weighted by molar-refractivity contribution is 5.51. The van der Waals surface area contributed by atoms with Crippen LogP contribution in [0.4, 0.5) is 13.2 Å². The highest BCUT2D eigenvalue weighted by atomic mass is 19.2. The van der Waals surface area contributed by atoms with Crippen LogP contribution in [0.1, 0.15) is 119 Å². The second-order valence-corrected chi connectivity index (χ2v) is 11.2. The van der Waals surface area contributed by atoms with Crippen LogP contribution in [0.2, 0.25) is 0 Å². The van der Waals surface area contributed by atoms with E-state index in [9.17, 15) is 4.39 Å². The third kappa shape index (κ3) is 7.21. The Kier molecular flexibility index (Phi) is 10.2. The zero-order valence-corrected chi connectivity index (χ0v) is 22.6. The second-order valence-electron chi connectivity index (χ2n) is 11.2. The molecule has 2 aromatic carbocycles. The summed E-state index contributed by atoms with van der Waals surface area (Å²) in [5, 5.41) is 0. The summed E-state index contributed by atoms with van der Waals surface area (Å²) in [6.45, 7) is 4.50. The SMILES string of the molecule is CCCCCC1CCC(c2ccc(C3CCC(C=Cc4ccc(OCC)c(F)c4)CC3)c(F)c2F)CC1. The molecule has 4 heteroatoms. The lowest BCUT2D eigenvalue weighted by Crippen LogP contribution is -2.17. The van der Waals surface area contributed by atoms with Crippen molar-refractivity contribution in [2.24, 2.45) is 11.8 Å². The standard InChI is InChI=1S/C33H43F3O/c1-3-5-6-7-23-10-15-26(16-11-23)28-19-20-29(33(36)32(28)35)27-17-12-24(13-18-27)8-9-25-14-21-31(37-4-2)30(34)22-25/h8-9,14,19-24,26-27H,3-7,10-13,15-18H2,1-2H3. The van der Waals surface area contributed by atoms with Gasteiger partial charge in [-0.05, 0) is 111 Å². The Morgan fingerprint density at radius 1 is 0.784 bits per heavy atom. The lowest BCUT2D eigenvalue weighted by Gasteiger charge is -2.30. The van der Waals surface area contributed by atoms with Crippen molar-refractivity contribution in [3.05, 3.63) is 70.5 Å². The van der Waals surface area contributed by atoms with Crippen molar-refractivity contribution in [3.63, 3.8) is 0 Å². The van der Waals surface area contributed by atoms with Gasteiger partial charge in [0.2, 0.25) is 0 Å². The van der Waals surface area contributed by atoms with Crippen molar-refractivity contribution in [3.8, 4) is 5.75 Å². The Bertz CT molecular complexity index is 1030. The molecule has 2 aromatic rings. The van der Waals surface area contributed by atoms with Gasteiger partial charge in [-0.15, -0.1) is 0 Å². The monoisotopic (exact) mass is 512 g/mol. The molecule has 2 aliphatic rings. The number of ether oxygens (including phenoxy) is 1. The van der Waals surface area contributed by atoms with Gasteiger partial charge in [-0.3, -0.25) is 0 Å². The maximum atomic E-state index is 15.2. The van der Waals surface area contributed by atoms with E-state index in [-0.39, 0.29) is 23.4 Å².